The number of rotatable bonds is 7. The fourth-order valence-electron chi connectivity index (χ4n) is 2.26. The lowest BCUT2D eigenvalue weighted by atomic mass is 9.70. The summed E-state index contributed by atoms with van der Waals surface area (Å²) >= 11 is 0. The highest BCUT2D eigenvalue weighted by molar-refractivity contribution is 5.83. The van der Waals surface area contributed by atoms with E-state index >= 15 is 0 Å². The fraction of sp³-hybridized carbons (Fsp3) is 0.688. The number of amides is 1. The Morgan fingerprint density at radius 2 is 1.74 bits per heavy atom. The summed E-state index contributed by atoms with van der Waals surface area (Å²) in [7, 11) is 0. The summed E-state index contributed by atoms with van der Waals surface area (Å²) in [5.74, 6) is 0.0480. The van der Waals surface area contributed by atoms with Gasteiger partial charge >= 0.3 is 0 Å². The van der Waals surface area contributed by atoms with Gasteiger partial charge in [0.05, 0.1) is 0 Å². The largest absolute Gasteiger partial charge is 0.405 e. The number of nitrogens with one attached hydrogen (secondary N) is 1. The topological polar surface area (TPSA) is 55.1 Å². The van der Waals surface area contributed by atoms with E-state index in [9.17, 15) is 4.79 Å². The predicted octanol–water partition coefficient (Wildman–Crippen LogP) is 3.72. The van der Waals surface area contributed by atoms with Gasteiger partial charge in [0.15, 0.2) is 0 Å². The second kappa shape index (κ2) is 7.37. The van der Waals surface area contributed by atoms with Crippen LogP contribution in [-0.2, 0) is 4.79 Å². The summed E-state index contributed by atoms with van der Waals surface area (Å²) in [5.41, 5.74) is 5.93. The lowest BCUT2D eigenvalue weighted by Crippen LogP contribution is -2.39. The van der Waals surface area contributed by atoms with Crippen LogP contribution in [0, 0.1) is 10.8 Å². The van der Waals surface area contributed by atoms with Crippen LogP contribution in [0.3, 0.4) is 0 Å². The second-order valence-corrected chi connectivity index (χ2v) is 6.14. The minimum atomic E-state index is -0.391. The molecule has 0 aliphatic rings. The third kappa shape index (κ3) is 5.50. The van der Waals surface area contributed by atoms with Crippen molar-refractivity contribution in [3.8, 4) is 0 Å². The smallest absolute Gasteiger partial charge is 0.230 e. The van der Waals surface area contributed by atoms with Crippen LogP contribution < -0.4 is 11.1 Å². The molecule has 0 aromatic carbocycles. The van der Waals surface area contributed by atoms with Gasteiger partial charge in [-0.05, 0) is 31.0 Å². The van der Waals surface area contributed by atoms with Crippen LogP contribution in [0.4, 0.5) is 0 Å². The van der Waals surface area contributed by atoms with E-state index in [1.165, 1.54) is 6.20 Å². The van der Waals surface area contributed by atoms with Crippen molar-refractivity contribution in [2.45, 2.75) is 60.8 Å². The van der Waals surface area contributed by atoms with E-state index in [0.717, 1.165) is 25.0 Å². The van der Waals surface area contributed by atoms with Gasteiger partial charge in [-0.25, -0.2) is 0 Å². The first-order valence-electron chi connectivity index (χ1n) is 7.10. The van der Waals surface area contributed by atoms with E-state index in [-0.39, 0.29) is 11.3 Å². The standard InChI is InChI=1S/C16H30N2O/c1-7-13(10-11-17)18-14(19)15(4,5)12-16(6,8-2)9-3/h7,10-11H,8-9,12,17H2,1-6H3,(H,18,19)/b11-10-,13-7+. The molecule has 0 spiro atoms. The Hall–Kier alpha value is -1.25. The van der Waals surface area contributed by atoms with Crippen molar-refractivity contribution in [3.63, 3.8) is 0 Å². The molecular weight excluding hydrogens is 236 g/mol. The van der Waals surface area contributed by atoms with Crippen molar-refractivity contribution >= 4 is 5.91 Å². The molecule has 0 heterocycles. The van der Waals surface area contributed by atoms with Gasteiger partial charge in [0, 0.05) is 11.1 Å². The Kier molecular flexibility index (Phi) is 6.88. The molecule has 3 nitrogen and oxygen atoms in total. The molecule has 0 rings (SSSR count). The fourth-order valence-corrected chi connectivity index (χ4v) is 2.26. The monoisotopic (exact) mass is 266 g/mol. The minimum absolute atomic E-state index is 0.0480. The molecule has 0 atom stereocenters. The van der Waals surface area contributed by atoms with E-state index in [2.05, 4.69) is 26.1 Å². The Labute approximate surface area is 118 Å². The maximum absolute atomic E-state index is 12.4. The Morgan fingerprint density at radius 1 is 1.21 bits per heavy atom. The van der Waals surface area contributed by atoms with Crippen LogP contribution >= 0.6 is 0 Å². The van der Waals surface area contributed by atoms with Gasteiger partial charge < -0.3 is 11.1 Å². The van der Waals surface area contributed by atoms with Crippen molar-refractivity contribution in [2.24, 2.45) is 16.6 Å². The molecule has 0 aromatic heterocycles. The number of allylic oxidation sites excluding steroid dienone is 2. The van der Waals surface area contributed by atoms with Gasteiger partial charge in [-0.15, -0.1) is 0 Å². The molecular formula is C16H30N2O. The molecule has 3 heteroatoms. The molecule has 0 aliphatic carbocycles. The quantitative estimate of drug-likeness (QED) is 0.690. The van der Waals surface area contributed by atoms with Gasteiger partial charge in [-0.2, -0.15) is 0 Å². The van der Waals surface area contributed by atoms with Gasteiger partial charge in [0.25, 0.3) is 0 Å². The second-order valence-electron chi connectivity index (χ2n) is 6.14. The zero-order chi connectivity index (χ0) is 15.1. The maximum atomic E-state index is 12.4. The number of hydrogen-bond donors (Lipinski definition) is 2. The highest BCUT2D eigenvalue weighted by Crippen LogP contribution is 2.39. The zero-order valence-corrected chi connectivity index (χ0v) is 13.3. The molecule has 3 N–H and O–H groups in total. The van der Waals surface area contributed by atoms with E-state index < -0.39 is 5.41 Å². The molecule has 0 bridgehead atoms. The molecule has 0 aliphatic heterocycles. The Balaban J connectivity index is 4.86. The third-order valence-electron chi connectivity index (χ3n) is 4.04. The molecule has 0 fully saturated rings. The molecule has 0 unspecified atom stereocenters. The summed E-state index contributed by atoms with van der Waals surface area (Å²) in [5, 5.41) is 2.93. The van der Waals surface area contributed by atoms with E-state index in [0.29, 0.717) is 0 Å². The summed E-state index contributed by atoms with van der Waals surface area (Å²) in [6.45, 7) is 12.5. The highest BCUT2D eigenvalue weighted by Gasteiger charge is 2.35. The van der Waals surface area contributed by atoms with Crippen molar-refractivity contribution < 1.29 is 4.79 Å². The maximum Gasteiger partial charge on any atom is 0.230 e. The van der Waals surface area contributed by atoms with Crippen molar-refractivity contribution in [3.05, 3.63) is 24.0 Å². The summed E-state index contributed by atoms with van der Waals surface area (Å²) < 4.78 is 0. The average Bonchev–Trinajstić information content (AvgIpc) is 2.37. The van der Waals surface area contributed by atoms with Gasteiger partial charge in [-0.1, -0.05) is 53.5 Å². The zero-order valence-electron chi connectivity index (χ0n) is 13.3. The van der Waals surface area contributed by atoms with Crippen LogP contribution in [0.2, 0.25) is 0 Å². The van der Waals surface area contributed by atoms with Crippen LogP contribution in [0.15, 0.2) is 24.0 Å². The molecule has 110 valence electrons. The van der Waals surface area contributed by atoms with Crippen molar-refractivity contribution in [2.75, 3.05) is 0 Å². The van der Waals surface area contributed by atoms with Crippen molar-refractivity contribution in [1.82, 2.24) is 5.32 Å². The first-order valence-corrected chi connectivity index (χ1v) is 7.10. The van der Waals surface area contributed by atoms with Crippen LogP contribution in [0.5, 0.6) is 0 Å². The van der Waals surface area contributed by atoms with E-state index in [1.54, 1.807) is 6.08 Å². The first kappa shape index (κ1) is 17.8. The van der Waals surface area contributed by atoms with Crippen LogP contribution in [0.25, 0.3) is 0 Å². The van der Waals surface area contributed by atoms with E-state index in [4.69, 9.17) is 5.73 Å². The summed E-state index contributed by atoms with van der Waals surface area (Å²) in [6.07, 6.45) is 8.02. The Morgan fingerprint density at radius 3 is 2.11 bits per heavy atom. The third-order valence-corrected chi connectivity index (χ3v) is 4.04. The molecule has 0 saturated carbocycles. The summed E-state index contributed by atoms with van der Waals surface area (Å²) in [4.78, 5) is 12.4. The average molecular weight is 266 g/mol. The predicted molar refractivity (Wildman–Crippen MR) is 82.3 cm³/mol. The van der Waals surface area contributed by atoms with Crippen LogP contribution in [-0.4, -0.2) is 5.91 Å². The molecule has 0 aromatic rings. The van der Waals surface area contributed by atoms with Crippen LogP contribution in [0.1, 0.15) is 60.8 Å². The summed E-state index contributed by atoms with van der Waals surface area (Å²) in [6, 6.07) is 0. The van der Waals surface area contributed by atoms with Gasteiger partial charge in [-0.3, -0.25) is 4.79 Å². The lowest BCUT2D eigenvalue weighted by Gasteiger charge is -2.35. The van der Waals surface area contributed by atoms with Crippen molar-refractivity contribution in [1.29, 1.82) is 0 Å². The number of carbonyl (C=O) groups is 1. The SMILES string of the molecule is C/C=C(\C=C/N)NC(=O)C(C)(C)CC(C)(CC)CC. The molecule has 0 saturated heterocycles. The number of nitrogens with two attached hydrogens (primary N) is 1. The van der Waals surface area contributed by atoms with Gasteiger partial charge in [0.1, 0.15) is 0 Å². The number of hydrogen-bond acceptors (Lipinski definition) is 2. The molecule has 1 amide bonds. The molecule has 19 heavy (non-hydrogen) atoms. The Bertz CT molecular complexity index is 350. The highest BCUT2D eigenvalue weighted by atomic mass is 16.2. The van der Waals surface area contributed by atoms with E-state index in [1.807, 2.05) is 26.8 Å². The lowest BCUT2D eigenvalue weighted by molar-refractivity contribution is -0.130. The minimum Gasteiger partial charge on any atom is -0.405 e. The molecule has 0 radical (unpaired) electrons. The number of carbonyl (C=O) groups excluding carboxylic acids is 1. The normalized spacial score (nSPS) is 13.9. The first-order chi connectivity index (χ1) is 8.74. The van der Waals surface area contributed by atoms with Gasteiger partial charge in [0.2, 0.25) is 5.91 Å².